The lowest BCUT2D eigenvalue weighted by atomic mass is 10.1. The van der Waals surface area contributed by atoms with Gasteiger partial charge in [0.2, 0.25) is 10.0 Å². The van der Waals surface area contributed by atoms with Gasteiger partial charge in [0, 0.05) is 43.2 Å². The number of rotatable bonds is 6. The lowest BCUT2D eigenvalue weighted by molar-refractivity contribution is 0.370. The van der Waals surface area contributed by atoms with Gasteiger partial charge in [0.25, 0.3) is 0 Å². The Hall–Kier alpha value is -2.62. The Morgan fingerprint density at radius 1 is 0.938 bits per heavy atom. The molecule has 2 heterocycles. The third-order valence-electron chi connectivity index (χ3n) is 5.51. The van der Waals surface area contributed by atoms with Gasteiger partial charge in [0.05, 0.1) is 19.9 Å². The van der Waals surface area contributed by atoms with Crippen LogP contribution in [0.4, 0.5) is 5.13 Å². The first-order chi connectivity index (χ1) is 15.3. The number of aromatic nitrogens is 1. The first-order valence-electron chi connectivity index (χ1n) is 10.3. The number of nitrogens with zero attached hydrogens (tertiary/aromatic N) is 3. The summed E-state index contributed by atoms with van der Waals surface area (Å²) in [6, 6.07) is 11.2. The van der Waals surface area contributed by atoms with Crippen LogP contribution < -0.4 is 14.4 Å². The molecule has 1 fully saturated rings. The SMILES string of the molecule is COc1ccc(OC)c(S(=O)(=O)N2CCN(c3nc(-c4cc(C)cc(C)c4)cs3)CC2)c1. The second-order valence-corrected chi connectivity index (χ2v) is 10.5. The number of thiazole rings is 1. The Morgan fingerprint density at radius 2 is 1.62 bits per heavy atom. The van der Waals surface area contributed by atoms with Gasteiger partial charge in [-0.15, -0.1) is 11.3 Å². The summed E-state index contributed by atoms with van der Waals surface area (Å²) in [5.41, 5.74) is 4.48. The van der Waals surface area contributed by atoms with Gasteiger partial charge in [0.1, 0.15) is 16.4 Å². The van der Waals surface area contributed by atoms with Crippen LogP contribution in [0.25, 0.3) is 11.3 Å². The van der Waals surface area contributed by atoms with Crippen LogP contribution >= 0.6 is 11.3 Å². The summed E-state index contributed by atoms with van der Waals surface area (Å²) in [6.07, 6.45) is 0. The Balaban J connectivity index is 1.50. The van der Waals surface area contributed by atoms with Gasteiger partial charge in [-0.2, -0.15) is 4.31 Å². The molecule has 0 unspecified atom stereocenters. The summed E-state index contributed by atoms with van der Waals surface area (Å²) in [7, 11) is -0.728. The highest BCUT2D eigenvalue weighted by molar-refractivity contribution is 7.89. The second-order valence-electron chi connectivity index (χ2n) is 7.80. The maximum atomic E-state index is 13.3. The van der Waals surface area contributed by atoms with Crippen molar-refractivity contribution in [3.05, 3.63) is 52.9 Å². The molecule has 3 aromatic rings. The van der Waals surface area contributed by atoms with E-state index in [1.165, 1.54) is 35.7 Å². The zero-order valence-corrected chi connectivity index (χ0v) is 20.3. The fourth-order valence-electron chi connectivity index (χ4n) is 3.91. The van der Waals surface area contributed by atoms with Crippen LogP contribution in [-0.2, 0) is 10.0 Å². The standard InChI is InChI=1S/C23H27N3O4S2/c1-16-11-17(2)13-18(12-16)20-15-31-23(24-20)25-7-9-26(10-8-25)32(27,28)22-14-19(29-3)5-6-21(22)30-4/h5-6,11-15H,7-10H2,1-4H3. The number of aryl methyl sites for hydroxylation is 2. The molecule has 0 N–H and O–H groups in total. The summed E-state index contributed by atoms with van der Waals surface area (Å²) in [6.45, 7) is 6.07. The summed E-state index contributed by atoms with van der Waals surface area (Å²) >= 11 is 1.59. The molecule has 170 valence electrons. The Morgan fingerprint density at radius 3 is 2.25 bits per heavy atom. The zero-order valence-electron chi connectivity index (χ0n) is 18.7. The maximum Gasteiger partial charge on any atom is 0.247 e. The molecule has 2 aromatic carbocycles. The predicted octanol–water partition coefficient (Wildman–Crippen LogP) is 3.96. The number of methoxy groups -OCH3 is 2. The van der Waals surface area contributed by atoms with Crippen molar-refractivity contribution in [2.75, 3.05) is 45.3 Å². The van der Waals surface area contributed by atoms with E-state index in [-0.39, 0.29) is 4.90 Å². The topological polar surface area (TPSA) is 72.0 Å². The van der Waals surface area contributed by atoms with Crippen LogP contribution in [-0.4, -0.2) is 58.1 Å². The van der Waals surface area contributed by atoms with Crippen molar-refractivity contribution in [1.82, 2.24) is 9.29 Å². The minimum absolute atomic E-state index is 0.124. The minimum Gasteiger partial charge on any atom is -0.497 e. The Kier molecular flexibility index (Phi) is 6.41. The van der Waals surface area contributed by atoms with Crippen LogP contribution in [0.2, 0.25) is 0 Å². The smallest absolute Gasteiger partial charge is 0.247 e. The normalized spacial score (nSPS) is 15.1. The van der Waals surface area contributed by atoms with Crippen molar-refractivity contribution >= 4 is 26.5 Å². The van der Waals surface area contributed by atoms with E-state index in [1.54, 1.807) is 23.5 Å². The molecule has 0 bridgehead atoms. The molecule has 1 aromatic heterocycles. The maximum absolute atomic E-state index is 13.3. The monoisotopic (exact) mass is 473 g/mol. The molecule has 0 radical (unpaired) electrons. The van der Waals surface area contributed by atoms with Crippen molar-refractivity contribution in [2.24, 2.45) is 0 Å². The van der Waals surface area contributed by atoms with Crippen molar-refractivity contribution in [1.29, 1.82) is 0 Å². The van der Waals surface area contributed by atoms with Crippen LogP contribution in [0.3, 0.4) is 0 Å². The molecule has 1 saturated heterocycles. The summed E-state index contributed by atoms with van der Waals surface area (Å²) in [4.78, 5) is 7.09. The fraction of sp³-hybridized carbons (Fsp3) is 0.348. The molecule has 0 amide bonds. The van der Waals surface area contributed by atoms with E-state index in [9.17, 15) is 8.42 Å². The molecular formula is C23H27N3O4S2. The van der Waals surface area contributed by atoms with Crippen LogP contribution in [0.1, 0.15) is 11.1 Å². The summed E-state index contributed by atoms with van der Waals surface area (Å²) in [5, 5.41) is 2.98. The van der Waals surface area contributed by atoms with Crippen LogP contribution in [0, 0.1) is 13.8 Å². The lowest BCUT2D eigenvalue weighted by Gasteiger charge is -2.34. The molecule has 7 nitrogen and oxygen atoms in total. The van der Waals surface area contributed by atoms with E-state index in [2.05, 4.69) is 42.3 Å². The number of piperazine rings is 1. The predicted molar refractivity (Wildman–Crippen MR) is 128 cm³/mol. The van der Waals surface area contributed by atoms with Crippen LogP contribution in [0.15, 0.2) is 46.7 Å². The highest BCUT2D eigenvalue weighted by Crippen LogP contribution is 2.33. The lowest BCUT2D eigenvalue weighted by Crippen LogP contribution is -2.48. The Labute approximate surface area is 193 Å². The molecule has 1 aliphatic heterocycles. The quantitative estimate of drug-likeness (QED) is 0.540. The second kappa shape index (κ2) is 9.09. The molecule has 4 rings (SSSR count). The highest BCUT2D eigenvalue weighted by atomic mass is 32.2. The molecule has 32 heavy (non-hydrogen) atoms. The van der Waals surface area contributed by atoms with E-state index >= 15 is 0 Å². The third kappa shape index (κ3) is 4.46. The van der Waals surface area contributed by atoms with Crippen molar-refractivity contribution < 1.29 is 17.9 Å². The van der Waals surface area contributed by atoms with Gasteiger partial charge < -0.3 is 14.4 Å². The van der Waals surface area contributed by atoms with Gasteiger partial charge >= 0.3 is 0 Å². The van der Waals surface area contributed by atoms with Gasteiger partial charge in [-0.1, -0.05) is 17.2 Å². The molecule has 0 saturated carbocycles. The number of sulfonamides is 1. The Bertz CT molecular complexity index is 1200. The van der Waals surface area contributed by atoms with Crippen molar-refractivity contribution in [2.45, 2.75) is 18.7 Å². The van der Waals surface area contributed by atoms with Crippen molar-refractivity contribution in [3.8, 4) is 22.8 Å². The first-order valence-corrected chi connectivity index (χ1v) is 12.6. The van der Waals surface area contributed by atoms with E-state index in [0.717, 1.165) is 16.4 Å². The molecule has 1 aliphatic rings. The summed E-state index contributed by atoms with van der Waals surface area (Å²) < 4.78 is 38.6. The number of benzene rings is 2. The average Bonchev–Trinajstić information content (AvgIpc) is 3.28. The fourth-order valence-corrected chi connectivity index (χ4v) is 6.39. The highest BCUT2D eigenvalue weighted by Gasteiger charge is 2.32. The van der Waals surface area contributed by atoms with Gasteiger partial charge in [-0.3, -0.25) is 0 Å². The molecular weight excluding hydrogens is 446 g/mol. The average molecular weight is 474 g/mol. The molecule has 0 aliphatic carbocycles. The van der Waals surface area contributed by atoms with E-state index in [1.807, 2.05) is 0 Å². The van der Waals surface area contributed by atoms with Gasteiger partial charge in [0.15, 0.2) is 5.13 Å². The van der Waals surface area contributed by atoms with E-state index in [4.69, 9.17) is 14.5 Å². The third-order valence-corrected chi connectivity index (χ3v) is 8.33. The molecule has 9 heteroatoms. The number of ether oxygens (including phenoxy) is 2. The van der Waals surface area contributed by atoms with Crippen LogP contribution in [0.5, 0.6) is 11.5 Å². The van der Waals surface area contributed by atoms with E-state index < -0.39 is 10.0 Å². The van der Waals surface area contributed by atoms with E-state index in [0.29, 0.717) is 37.7 Å². The van der Waals surface area contributed by atoms with Crippen molar-refractivity contribution in [3.63, 3.8) is 0 Å². The zero-order chi connectivity index (χ0) is 22.9. The molecule has 0 spiro atoms. The van der Waals surface area contributed by atoms with Gasteiger partial charge in [-0.25, -0.2) is 13.4 Å². The number of hydrogen-bond acceptors (Lipinski definition) is 7. The number of anilines is 1. The first kappa shape index (κ1) is 22.6. The largest absolute Gasteiger partial charge is 0.497 e. The number of hydrogen-bond donors (Lipinski definition) is 0. The summed E-state index contributed by atoms with van der Waals surface area (Å²) in [5.74, 6) is 0.788. The minimum atomic E-state index is -3.71. The molecule has 0 atom stereocenters. The van der Waals surface area contributed by atoms with Gasteiger partial charge in [-0.05, 0) is 38.1 Å².